The molecular formula is C13H16N2O5. The summed E-state index contributed by atoms with van der Waals surface area (Å²) in [4.78, 5) is 34.4. The second kappa shape index (κ2) is 6.14. The Balaban J connectivity index is 3.09. The van der Waals surface area contributed by atoms with Crippen LogP contribution in [0.1, 0.15) is 29.8 Å². The zero-order valence-corrected chi connectivity index (χ0v) is 11.5. The third-order valence-electron chi connectivity index (χ3n) is 2.83. The van der Waals surface area contributed by atoms with Crippen LogP contribution in [0.2, 0.25) is 0 Å². The van der Waals surface area contributed by atoms with Crippen molar-refractivity contribution in [2.45, 2.75) is 26.8 Å². The van der Waals surface area contributed by atoms with Crippen LogP contribution >= 0.6 is 0 Å². The summed E-state index contributed by atoms with van der Waals surface area (Å²) in [7, 11) is 0. The van der Waals surface area contributed by atoms with Gasteiger partial charge in [-0.15, -0.1) is 0 Å². The lowest BCUT2D eigenvalue weighted by molar-refractivity contribution is -0.385. The Morgan fingerprint density at radius 1 is 1.40 bits per heavy atom. The molecule has 0 aliphatic rings. The van der Waals surface area contributed by atoms with Crippen LogP contribution in [0.15, 0.2) is 18.2 Å². The van der Waals surface area contributed by atoms with Crippen molar-refractivity contribution in [3.63, 3.8) is 0 Å². The lowest BCUT2D eigenvalue weighted by Crippen LogP contribution is -2.40. The molecule has 0 heterocycles. The molecule has 0 aliphatic carbocycles. The van der Waals surface area contributed by atoms with Gasteiger partial charge in [0.25, 0.3) is 11.6 Å². The molecule has 1 N–H and O–H groups in total. The largest absolute Gasteiger partial charge is 0.480 e. The second-order valence-electron chi connectivity index (χ2n) is 4.68. The Morgan fingerprint density at radius 2 is 2.00 bits per heavy atom. The van der Waals surface area contributed by atoms with E-state index in [1.54, 1.807) is 13.8 Å². The third kappa shape index (κ3) is 3.53. The number of hydrogen-bond donors (Lipinski definition) is 1. The first-order chi connectivity index (χ1) is 9.23. The highest BCUT2D eigenvalue weighted by Crippen LogP contribution is 2.20. The van der Waals surface area contributed by atoms with Crippen molar-refractivity contribution >= 4 is 17.6 Å². The van der Waals surface area contributed by atoms with Gasteiger partial charge in [0.2, 0.25) is 0 Å². The third-order valence-corrected chi connectivity index (χ3v) is 2.83. The van der Waals surface area contributed by atoms with E-state index >= 15 is 0 Å². The molecule has 7 heteroatoms. The van der Waals surface area contributed by atoms with Crippen LogP contribution in [-0.4, -0.2) is 39.4 Å². The zero-order chi connectivity index (χ0) is 15.4. The lowest BCUT2D eigenvalue weighted by atomic mass is 10.1. The highest BCUT2D eigenvalue weighted by atomic mass is 16.6. The summed E-state index contributed by atoms with van der Waals surface area (Å²) in [5.74, 6) is -1.56. The molecule has 20 heavy (non-hydrogen) atoms. The molecule has 1 aromatic carbocycles. The molecule has 1 aromatic rings. The molecule has 7 nitrogen and oxygen atoms in total. The summed E-state index contributed by atoms with van der Waals surface area (Å²) >= 11 is 0. The van der Waals surface area contributed by atoms with Gasteiger partial charge in [-0.25, -0.2) is 0 Å². The lowest BCUT2D eigenvalue weighted by Gasteiger charge is -2.25. The van der Waals surface area contributed by atoms with Gasteiger partial charge >= 0.3 is 5.97 Å². The van der Waals surface area contributed by atoms with Crippen LogP contribution in [0.3, 0.4) is 0 Å². The number of aryl methyl sites for hydroxylation is 1. The maximum atomic E-state index is 12.2. The smallest absolute Gasteiger partial charge is 0.323 e. The Kier molecular flexibility index (Phi) is 4.79. The molecule has 0 aliphatic heterocycles. The van der Waals surface area contributed by atoms with Crippen LogP contribution in [0, 0.1) is 17.0 Å². The number of carboxylic acid groups (broad SMARTS) is 1. The minimum absolute atomic E-state index is 0.0733. The summed E-state index contributed by atoms with van der Waals surface area (Å²) in [6, 6.07) is 3.71. The fourth-order valence-electron chi connectivity index (χ4n) is 1.79. The van der Waals surface area contributed by atoms with E-state index in [1.807, 2.05) is 0 Å². The van der Waals surface area contributed by atoms with E-state index in [4.69, 9.17) is 5.11 Å². The quantitative estimate of drug-likeness (QED) is 0.655. The van der Waals surface area contributed by atoms with E-state index in [0.29, 0.717) is 5.56 Å². The average molecular weight is 280 g/mol. The predicted octanol–water partition coefficient (Wildman–Crippen LogP) is 1.84. The van der Waals surface area contributed by atoms with Crippen LogP contribution in [0.25, 0.3) is 0 Å². The molecule has 0 fully saturated rings. The monoisotopic (exact) mass is 280 g/mol. The summed E-state index contributed by atoms with van der Waals surface area (Å²) in [5.41, 5.74) is 0.527. The van der Waals surface area contributed by atoms with Gasteiger partial charge in [0.15, 0.2) is 0 Å². The normalized spacial score (nSPS) is 10.4. The summed E-state index contributed by atoms with van der Waals surface area (Å²) < 4.78 is 0. The fourth-order valence-corrected chi connectivity index (χ4v) is 1.79. The minimum atomic E-state index is -1.11. The number of aliphatic carboxylic acids is 1. The Hall–Kier alpha value is -2.44. The molecule has 1 rings (SSSR count). The molecule has 0 atom stereocenters. The molecule has 0 aromatic heterocycles. The number of benzene rings is 1. The summed E-state index contributed by atoms with van der Waals surface area (Å²) in [6.07, 6.45) is 0. The maximum Gasteiger partial charge on any atom is 0.323 e. The number of carbonyl (C=O) groups is 2. The number of carboxylic acids is 1. The van der Waals surface area contributed by atoms with E-state index < -0.39 is 23.3 Å². The molecule has 0 unspecified atom stereocenters. The first kappa shape index (κ1) is 15.6. The van der Waals surface area contributed by atoms with Crippen molar-refractivity contribution in [1.82, 2.24) is 4.90 Å². The van der Waals surface area contributed by atoms with E-state index in [-0.39, 0.29) is 17.3 Å². The van der Waals surface area contributed by atoms with Gasteiger partial charge in [-0.1, -0.05) is 0 Å². The van der Waals surface area contributed by atoms with Crippen LogP contribution in [0.4, 0.5) is 5.69 Å². The van der Waals surface area contributed by atoms with Crippen molar-refractivity contribution in [2.24, 2.45) is 0 Å². The fraction of sp³-hybridized carbons (Fsp3) is 0.385. The molecule has 0 saturated carbocycles. The van der Waals surface area contributed by atoms with E-state index in [1.165, 1.54) is 30.0 Å². The zero-order valence-electron chi connectivity index (χ0n) is 11.5. The summed E-state index contributed by atoms with van der Waals surface area (Å²) in [5, 5.41) is 19.5. The van der Waals surface area contributed by atoms with Gasteiger partial charge in [0.05, 0.1) is 4.92 Å². The SMILES string of the molecule is Cc1cc(C(=O)N(CC(=O)O)C(C)C)ccc1[N+](=O)[O-]. The Labute approximate surface area is 116 Å². The first-order valence-electron chi connectivity index (χ1n) is 6.01. The first-order valence-corrected chi connectivity index (χ1v) is 6.01. The number of nitro groups is 1. The number of nitrogens with zero attached hydrogens (tertiary/aromatic N) is 2. The standard InChI is InChI=1S/C13H16N2O5/c1-8(2)14(7-12(16)17)13(18)10-4-5-11(15(19)20)9(3)6-10/h4-6,8H,7H2,1-3H3,(H,16,17). The highest BCUT2D eigenvalue weighted by molar-refractivity contribution is 5.96. The molecule has 1 amide bonds. The number of carbonyl (C=O) groups excluding carboxylic acids is 1. The molecule has 0 radical (unpaired) electrons. The van der Waals surface area contributed by atoms with Crippen molar-refractivity contribution in [3.8, 4) is 0 Å². The van der Waals surface area contributed by atoms with Crippen molar-refractivity contribution in [1.29, 1.82) is 0 Å². The minimum Gasteiger partial charge on any atom is -0.480 e. The van der Waals surface area contributed by atoms with Gasteiger partial charge in [-0.05, 0) is 32.9 Å². The predicted molar refractivity (Wildman–Crippen MR) is 71.6 cm³/mol. The van der Waals surface area contributed by atoms with Gasteiger partial charge in [-0.3, -0.25) is 19.7 Å². The number of amides is 1. The highest BCUT2D eigenvalue weighted by Gasteiger charge is 2.22. The van der Waals surface area contributed by atoms with Crippen molar-refractivity contribution in [3.05, 3.63) is 39.4 Å². The average Bonchev–Trinajstić information content (AvgIpc) is 2.34. The van der Waals surface area contributed by atoms with Crippen molar-refractivity contribution in [2.75, 3.05) is 6.54 Å². The van der Waals surface area contributed by atoms with Gasteiger partial charge in [0, 0.05) is 23.2 Å². The van der Waals surface area contributed by atoms with E-state index in [9.17, 15) is 19.7 Å². The molecule has 0 saturated heterocycles. The van der Waals surface area contributed by atoms with E-state index in [2.05, 4.69) is 0 Å². The topological polar surface area (TPSA) is 101 Å². The van der Waals surface area contributed by atoms with Crippen LogP contribution in [0.5, 0.6) is 0 Å². The summed E-state index contributed by atoms with van der Waals surface area (Å²) in [6.45, 7) is 4.54. The second-order valence-corrected chi connectivity index (χ2v) is 4.68. The van der Waals surface area contributed by atoms with Gasteiger partial charge in [-0.2, -0.15) is 0 Å². The van der Waals surface area contributed by atoms with Gasteiger partial charge < -0.3 is 10.0 Å². The maximum absolute atomic E-state index is 12.2. The molecule has 108 valence electrons. The van der Waals surface area contributed by atoms with Crippen LogP contribution < -0.4 is 0 Å². The number of hydrogen-bond acceptors (Lipinski definition) is 4. The number of rotatable bonds is 5. The van der Waals surface area contributed by atoms with Gasteiger partial charge in [0.1, 0.15) is 6.54 Å². The Bertz CT molecular complexity index is 554. The van der Waals surface area contributed by atoms with Crippen LogP contribution in [-0.2, 0) is 4.79 Å². The van der Waals surface area contributed by atoms with Crippen molar-refractivity contribution < 1.29 is 19.6 Å². The molecule has 0 bridgehead atoms. The number of nitro benzene ring substituents is 1. The molecule has 0 spiro atoms. The Morgan fingerprint density at radius 3 is 2.40 bits per heavy atom. The molecular weight excluding hydrogens is 264 g/mol. The van der Waals surface area contributed by atoms with E-state index in [0.717, 1.165) is 0 Å².